The number of carbonyl (C=O) groups excluding carboxylic acids is 2. The van der Waals surface area contributed by atoms with E-state index in [0.717, 1.165) is 0 Å². The van der Waals surface area contributed by atoms with Crippen LogP contribution < -0.4 is 10.6 Å². The first-order chi connectivity index (χ1) is 22.4. The number of ether oxygens (including phenoxy) is 3. The summed E-state index contributed by atoms with van der Waals surface area (Å²) in [6.07, 6.45) is -5.23. The molecule has 2 amide bonds. The van der Waals surface area contributed by atoms with Crippen molar-refractivity contribution in [3.8, 4) is 0 Å². The number of imidazole rings is 1. The van der Waals surface area contributed by atoms with Gasteiger partial charge in [0.2, 0.25) is 5.91 Å². The first-order valence-electron chi connectivity index (χ1n) is 16.1. The molecule has 270 valence electrons. The van der Waals surface area contributed by atoms with Gasteiger partial charge in [-0.1, -0.05) is 55.4 Å². The van der Waals surface area contributed by atoms with E-state index < -0.39 is 53.7 Å². The summed E-state index contributed by atoms with van der Waals surface area (Å²) in [6, 6.07) is 0. The number of anilines is 1. The van der Waals surface area contributed by atoms with Crippen molar-refractivity contribution < 1.29 is 49.9 Å². The molecule has 0 radical (unpaired) electrons. The second-order valence-corrected chi connectivity index (χ2v) is 22.1. The molecule has 0 saturated carbocycles. The maximum Gasteiger partial charge on any atom is 0.471 e. The second kappa shape index (κ2) is 15.2. The smallest absolute Gasteiger partial charge is 0.414 e. The molecule has 48 heavy (non-hydrogen) atoms. The highest BCUT2D eigenvalue weighted by molar-refractivity contribution is 6.84. The molecule has 0 aromatic carbocycles. The number of carbonyl (C=O) groups is 2. The summed E-state index contributed by atoms with van der Waals surface area (Å²) in [4.78, 5) is 36.0. The number of alkyl halides is 3. The monoisotopic (exact) mass is 720 g/mol. The van der Waals surface area contributed by atoms with Crippen molar-refractivity contribution in [1.82, 2.24) is 24.8 Å². The van der Waals surface area contributed by atoms with Gasteiger partial charge in [0, 0.05) is 13.5 Å². The van der Waals surface area contributed by atoms with E-state index in [2.05, 4.69) is 75.7 Å². The largest absolute Gasteiger partial charge is 0.471 e. The summed E-state index contributed by atoms with van der Waals surface area (Å²) in [5.41, 5.74) is 0.937. The predicted octanol–water partition coefficient (Wildman–Crippen LogP) is 4.68. The minimum Gasteiger partial charge on any atom is -0.414 e. The molecule has 14 nitrogen and oxygen atoms in total. The number of rotatable bonds is 12. The summed E-state index contributed by atoms with van der Waals surface area (Å²) in [5, 5.41) is 4.43. The van der Waals surface area contributed by atoms with Gasteiger partial charge in [-0.25, -0.2) is 15.0 Å². The van der Waals surface area contributed by atoms with Gasteiger partial charge in [0.15, 0.2) is 23.2 Å². The lowest BCUT2D eigenvalue weighted by atomic mass is 10.1. The normalized spacial score (nSPS) is 24.2. The minimum atomic E-state index is -4.99. The Morgan fingerprint density at radius 1 is 1.02 bits per heavy atom. The van der Waals surface area contributed by atoms with Gasteiger partial charge in [0.1, 0.15) is 31.4 Å². The molecule has 2 aromatic heterocycles. The van der Waals surface area contributed by atoms with E-state index in [1.807, 2.05) is 0 Å². The molecule has 2 aromatic rings. The molecule has 4 atom stereocenters. The Kier molecular flexibility index (Phi) is 12.1. The molecule has 4 heterocycles. The van der Waals surface area contributed by atoms with Gasteiger partial charge in [-0.2, -0.15) is 13.2 Å². The van der Waals surface area contributed by atoms with E-state index >= 15 is 0 Å². The molecule has 0 bridgehead atoms. The molecular weight excluding hydrogens is 674 g/mol. The van der Waals surface area contributed by atoms with Crippen molar-refractivity contribution in [2.75, 3.05) is 31.9 Å². The van der Waals surface area contributed by atoms with Gasteiger partial charge in [-0.3, -0.25) is 14.2 Å². The summed E-state index contributed by atoms with van der Waals surface area (Å²) in [7, 11) is -6.00. The van der Waals surface area contributed by atoms with Crippen molar-refractivity contribution in [2.45, 2.75) is 115 Å². The van der Waals surface area contributed by atoms with Crippen molar-refractivity contribution >= 4 is 45.9 Å². The highest BCUT2D eigenvalue weighted by Crippen LogP contribution is 2.49. The average molecular weight is 721 g/mol. The van der Waals surface area contributed by atoms with Crippen LogP contribution in [0.1, 0.15) is 68.5 Å². The fourth-order valence-electron chi connectivity index (χ4n) is 6.34. The molecule has 2 aliphatic heterocycles. The minimum absolute atomic E-state index is 0.0134. The Balaban J connectivity index is 1.71. The van der Waals surface area contributed by atoms with Crippen LogP contribution in [-0.4, -0.2) is 99.5 Å². The lowest BCUT2D eigenvalue weighted by molar-refractivity contribution is -0.174. The third-order valence-electron chi connectivity index (χ3n) is 8.68. The lowest BCUT2D eigenvalue weighted by Crippen LogP contribution is -2.66. The number of nitrogens with one attached hydrogen (secondary N) is 2. The van der Waals surface area contributed by atoms with E-state index in [-0.39, 0.29) is 60.4 Å². The molecule has 2 saturated heterocycles. The third kappa shape index (κ3) is 7.77. The zero-order chi connectivity index (χ0) is 35.6. The quantitative estimate of drug-likeness (QED) is 0.178. The van der Waals surface area contributed by atoms with E-state index in [1.165, 1.54) is 19.6 Å². The fraction of sp³-hybridized carbons (Fsp3) is 0.759. The van der Waals surface area contributed by atoms with Crippen LogP contribution in [0, 0.1) is 0 Å². The zero-order valence-corrected chi connectivity index (χ0v) is 30.8. The lowest BCUT2D eigenvalue weighted by Gasteiger charge is -2.51. The number of nitrogens with zero attached hydrogens (tertiary/aromatic N) is 4. The van der Waals surface area contributed by atoms with Gasteiger partial charge >= 0.3 is 29.2 Å². The number of hydrogen-bond acceptors (Lipinski definition) is 11. The van der Waals surface area contributed by atoms with Gasteiger partial charge in [0.05, 0.1) is 19.5 Å². The van der Waals surface area contributed by atoms with Gasteiger partial charge in [-0.15, -0.1) is 0 Å². The van der Waals surface area contributed by atoms with Crippen LogP contribution in [0.4, 0.5) is 19.0 Å². The fourth-order valence-corrected chi connectivity index (χ4v) is 17.6. The van der Waals surface area contributed by atoms with Gasteiger partial charge in [0.25, 0.3) is 0 Å². The molecule has 2 fully saturated rings. The average Bonchev–Trinajstić information content (AvgIpc) is 3.55. The molecule has 0 spiro atoms. The van der Waals surface area contributed by atoms with E-state index in [4.69, 9.17) is 27.2 Å². The number of fused-ring (bicyclic) bond motifs is 2. The number of halogens is 3. The van der Waals surface area contributed by atoms with Crippen LogP contribution in [-0.2, 0) is 36.8 Å². The molecule has 2 N–H and O–H groups in total. The van der Waals surface area contributed by atoms with Crippen LogP contribution in [0.2, 0.25) is 22.2 Å². The maximum absolute atomic E-state index is 12.6. The first kappa shape index (κ1) is 38.3. The highest BCUT2D eigenvalue weighted by Gasteiger charge is 2.62. The maximum atomic E-state index is 12.6. The number of hydrogen-bond donors (Lipinski definition) is 2. The molecule has 4 rings (SSSR count). The standard InChI is InChI=1S/C29H47F3N6O8Si2/c1-16(2)47(17(3)4)43-12-21-23(45-48(46-47,18(5)6)19(7)8)24(42-15-41-11-10-33-28(40)29(30,31)32)27(44-21)38-14-36-22-25(37-20(9)39)34-13-35-26(22)38/h13-14,16-19,21,23-24,27H,10-12,15H2,1-9H3,(H,33,40)(H,34,35,37,39)/t21-,23?,24+,27-/m1/s1. The van der Waals surface area contributed by atoms with Crippen LogP contribution in [0.15, 0.2) is 12.7 Å². The van der Waals surface area contributed by atoms with E-state index in [1.54, 1.807) is 9.88 Å². The number of aromatic nitrogens is 4. The van der Waals surface area contributed by atoms with E-state index in [0.29, 0.717) is 11.2 Å². The predicted molar refractivity (Wildman–Crippen MR) is 172 cm³/mol. The highest BCUT2D eigenvalue weighted by atomic mass is 28.5. The van der Waals surface area contributed by atoms with E-state index in [9.17, 15) is 22.8 Å². The molecule has 0 aliphatic carbocycles. The third-order valence-corrected chi connectivity index (χ3v) is 18.9. The van der Waals surface area contributed by atoms with Gasteiger partial charge in [-0.05, 0) is 22.2 Å². The summed E-state index contributed by atoms with van der Waals surface area (Å²) in [6.45, 7) is 17.4. The Hall–Kier alpha value is -2.53. The van der Waals surface area contributed by atoms with Crippen molar-refractivity contribution in [3.63, 3.8) is 0 Å². The Morgan fingerprint density at radius 2 is 1.67 bits per heavy atom. The van der Waals surface area contributed by atoms with Crippen LogP contribution >= 0.6 is 0 Å². The Labute approximate surface area is 280 Å². The summed E-state index contributed by atoms with van der Waals surface area (Å²) >= 11 is 0. The summed E-state index contributed by atoms with van der Waals surface area (Å²) < 4.78 is 79.3. The topological polar surface area (TPSA) is 157 Å². The van der Waals surface area contributed by atoms with Crippen LogP contribution in [0.5, 0.6) is 0 Å². The molecular formula is C29H47F3N6O8Si2. The SMILES string of the molecule is CC(=O)Nc1ncnc2c1ncn2[C@@H]1O[C@@H]2CO[Si](C(C)C)(C(C)C)O[Si](C(C)C)(C(C)C)OC2[C@@H]1OCOCCNC(=O)C(F)(F)F. The van der Waals surface area contributed by atoms with Crippen LogP contribution in [0.25, 0.3) is 11.2 Å². The summed E-state index contributed by atoms with van der Waals surface area (Å²) in [5.74, 6) is -2.16. The zero-order valence-electron chi connectivity index (χ0n) is 28.8. The van der Waals surface area contributed by atoms with Crippen LogP contribution in [0.3, 0.4) is 0 Å². The van der Waals surface area contributed by atoms with Crippen molar-refractivity contribution in [2.24, 2.45) is 0 Å². The molecule has 19 heteroatoms. The number of amides is 2. The van der Waals surface area contributed by atoms with Crippen molar-refractivity contribution in [1.29, 1.82) is 0 Å². The Bertz CT molecular complexity index is 1410. The van der Waals surface area contributed by atoms with Gasteiger partial charge < -0.3 is 37.8 Å². The molecule has 2 aliphatic rings. The second-order valence-electron chi connectivity index (χ2n) is 13.3. The Morgan fingerprint density at radius 3 is 2.25 bits per heavy atom. The first-order valence-corrected chi connectivity index (χ1v) is 20.1. The van der Waals surface area contributed by atoms with Crippen molar-refractivity contribution in [3.05, 3.63) is 12.7 Å². The molecule has 1 unspecified atom stereocenters.